The molecule has 0 fully saturated rings. The number of carbonyl (C=O) groups excluding carboxylic acids is 2. The Kier molecular flexibility index (Phi) is 11.2. The lowest BCUT2D eigenvalue weighted by Crippen LogP contribution is -2.32. The number of para-hydroxylation sites is 2. The molecule has 0 aromatic heterocycles. The van der Waals surface area contributed by atoms with E-state index in [-0.39, 0.29) is 38.1 Å². The van der Waals surface area contributed by atoms with Crippen molar-refractivity contribution in [1.82, 2.24) is 4.31 Å². The molecule has 8 nitrogen and oxygen atoms in total. The second kappa shape index (κ2) is 14.5. The van der Waals surface area contributed by atoms with Crippen LogP contribution in [0.5, 0.6) is 5.75 Å². The monoisotopic (exact) mass is 574 g/mol. The number of anilines is 1. The average Bonchev–Trinajstić information content (AvgIpc) is 2.93. The molecule has 0 atom stereocenters. The average molecular weight is 575 g/mol. The van der Waals surface area contributed by atoms with Gasteiger partial charge in [0.1, 0.15) is 22.3 Å². The Morgan fingerprint density at radius 3 is 2.35 bits per heavy atom. The van der Waals surface area contributed by atoms with Gasteiger partial charge in [0, 0.05) is 25.1 Å². The number of halogens is 2. The Morgan fingerprint density at radius 1 is 0.925 bits per heavy atom. The lowest BCUT2D eigenvalue weighted by atomic mass is 10.2. The van der Waals surface area contributed by atoms with Gasteiger partial charge in [-0.05, 0) is 74.7 Å². The topological polar surface area (TPSA) is 102 Å². The molecule has 214 valence electrons. The van der Waals surface area contributed by atoms with Crippen molar-refractivity contribution in [2.24, 2.45) is 0 Å². The van der Waals surface area contributed by atoms with Gasteiger partial charge < -0.3 is 14.8 Å². The van der Waals surface area contributed by atoms with E-state index in [2.05, 4.69) is 5.32 Å². The molecule has 0 spiro atoms. The van der Waals surface area contributed by atoms with Crippen LogP contribution in [0.4, 0.5) is 14.5 Å². The van der Waals surface area contributed by atoms with E-state index in [0.717, 1.165) is 16.4 Å². The van der Waals surface area contributed by atoms with E-state index < -0.39 is 38.4 Å². The smallest absolute Gasteiger partial charge is 0.305 e. The fraction of sp³-hybridized carbons (Fsp3) is 0.310. The summed E-state index contributed by atoms with van der Waals surface area (Å²) < 4.78 is 67.3. The van der Waals surface area contributed by atoms with E-state index in [1.54, 1.807) is 38.1 Å². The molecule has 0 heterocycles. The van der Waals surface area contributed by atoms with Crippen LogP contribution in [0.2, 0.25) is 0 Å². The first kappa shape index (κ1) is 30.7. The molecule has 0 saturated heterocycles. The first-order chi connectivity index (χ1) is 19.1. The van der Waals surface area contributed by atoms with Crippen LogP contribution < -0.4 is 10.1 Å². The van der Waals surface area contributed by atoms with Gasteiger partial charge in [0.15, 0.2) is 0 Å². The predicted molar refractivity (Wildman–Crippen MR) is 146 cm³/mol. The molecular weight excluding hydrogens is 542 g/mol. The molecule has 0 bridgehead atoms. The van der Waals surface area contributed by atoms with Gasteiger partial charge in [0.05, 0.1) is 18.9 Å². The van der Waals surface area contributed by atoms with Crippen molar-refractivity contribution in [3.8, 4) is 5.75 Å². The number of benzene rings is 3. The van der Waals surface area contributed by atoms with Gasteiger partial charge in [-0.1, -0.05) is 24.3 Å². The number of amides is 1. The first-order valence-electron chi connectivity index (χ1n) is 12.9. The fourth-order valence-corrected chi connectivity index (χ4v) is 5.45. The van der Waals surface area contributed by atoms with Gasteiger partial charge in [-0.3, -0.25) is 9.59 Å². The second-order valence-corrected chi connectivity index (χ2v) is 10.7. The van der Waals surface area contributed by atoms with Crippen LogP contribution in [0.25, 0.3) is 0 Å². The highest BCUT2D eigenvalue weighted by atomic mass is 32.2. The Morgan fingerprint density at radius 2 is 1.65 bits per heavy atom. The molecule has 3 rings (SSSR count). The van der Waals surface area contributed by atoms with Crippen molar-refractivity contribution >= 4 is 27.6 Å². The lowest BCUT2D eigenvalue weighted by molar-refractivity contribution is -0.143. The zero-order valence-electron chi connectivity index (χ0n) is 22.4. The van der Waals surface area contributed by atoms with E-state index in [0.29, 0.717) is 30.0 Å². The van der Waals surface area contributed by atoms with Crippen molar-refractivity contribution in [2.75, 3.05) is 25.1 Å². The number of sulfonamides is 1. The van der Waals surface area contributed by atoms with E-state index in [1.807, 2.05) is 0 Å². The van der Waals surface area contributed by atoms with Crippen LogP contribution in [0.1, 0.15) is 49.0 Å². The van der Waals surface area contributed by atoms with Crippen LogP contribution in [0.3, 0.4) is 0 Å². The summed E-state index contributed by atoms with van der Waals surface area (Å²) in [7, 11) is -4.45. The van der Waals surface area contributed by atoms with E-state index in [1.165, 1.54) is 30.3 Å². The number of esters is 1. The van der Waals surface area contributed by atoms with E-state index >= 15 is 0 Å². The number of ether oxygens (including phenoxy) is 2. The first-order valence-corrected chi connectivity index (χ1v) is 14.3. The zero-order valence-corrected chi connectivity index (χ0v) is 23.2. The summed E-state index contributed by atoms with van der Waals surface area (Å²) in [5.41, 5.74) is 0.787. The summed E-state index contributed by atoms with van der Waals surface area (Å²) in [4.78, 5) is 24.0. The summed E-state index contributed by atoms with van der Waals surface area (Å²) in [6, 6.07) is 15.1. The molecule has 3 aromatic carbocycles. The zero-order chi connectivity index (χ0) is 29.1. The quantitative estimate of drug-likeness (QED) is 0.200. The third-order valence-corrected chi connectivity index (χ3v) is 7.72. The Hall–Kier alpha value is -3.83. The predicted octanol–water partition coefficient (Wildman–Crippen LogP) is 5.54. The van der Waals surface area contributed by atoms with Crippen LogP contribution in [0, 0.1) is 11.6 Å². The maximum Gasteiger partial charge on any atom is 0.305 e. The molecule has 0 radical (unpaired) electrons. The number of carbonyl (C=O) groups is 2. The third kappa shape index (κ3) is 8.33. The molecule has 0 saturated carbocycles. The number of hydrogen-bond acceptors (Lipinski definition) is 6. The van der Waals surface area contributed by atoms with Gasteiger partial charge in [-0.2, -0.15) is 4.31 Å². The highest BCUT2D eigenvalue weighted by Crippen LogP contribution is 2.27. The maximum absolute atomic E-state index is 15.0. The Labute approximate surface area is 233 Å². The molecule has 0 aliphatic heterocycles. The molecule has 0 aliphatic carbocycles. The van der Waals surface area contributed by atoms with Crippen molar-refractivity contribution in [3.05, 3.63) is 89.5 Å². The Bertz CT molecular complexity index is 1410. The summed E-state index contributed by atoms with van der Waals surface area (Å²) >= 11 is 0. The van der Waals surface area contributed by atoms with Crippen LogP contribution in [-0.4, -0.2) is 44.4 Å². The van der Waals surface area contributed by atoms with Crippen LogP contribution in [0.15, 0.2) is 71.6 Å². The molecule has 0 aliphatic rings. The molecule has 0 unspecified atom stereocenters. The molecule has 40 heavy (non-hydrogen) atoms. The van der Waals surface area contributed by atoms with E-state index in [9.17, 15) is 26.8 Å². The van der Waals surface area contributed by atoms with Gasteiger partial charge in [0.25, 0.3) is 5.91 Å². The summed E-state index contributed by atoms with van der Waals surface area (Å²) in [5.74, 6) is -2.12. The van der Waals surface area contributed by atoms with Crippen molar-refractivity contribution < 1.29 is 36.3 Å². The highest BCUT2D eigenvalue weighted by molar-refractivity contribution is 7.89. The summed E-state index contributed by atoms with van der Waals surface area (Å²) in [6.45, 7) is 3.88. The normalized spacial score (nSPS) is 11.3. The lowest BCUT2D eigenvalue weighted by Gasteiger charge is -2.23. The fourth-order valence-electron chi connectivity index (χ4n) is 3.90. The summed E-state index contributed by atoms with van der Waals surface area (Å²) in [5, 5.41) is 2.67. The van der Waals surface area contributed by atoms with Gasteiger partial charge >= 0.3 is 5.97 Å². The minimum Gasteiger partial charge on any atom is -0.492 e. The number of rotatable bonds is 14. The van der Waals surface area contributed by atoms with Crippen molar-refractivity contribution in [3.63, 3.8) is 0 Å². The molecule has 3 aromatic rings. The SMILES string of the molecule is CCOC(=O)CCCCN(Cc1ccc(F)cc1)S(=O)(=O)c1cc(C(=O)Nc2ccccc2OCC)ccc1F. The number of nitrogens with zero attached hydrogens (tertiary/aromatic N) is 1. The number of nitrogens with one attached hydrogen (secondary N) is 1. The van der Waals surface area contributed by atoms with Gasteiger partial charge in [-0.15, -0.1) is 0 Å². The molecule has 1 amide bonds. The minimum absolute atomic E-state index is 0.0449. The Balaban J connectivity index is 1.87. The largest absolute Gasteiger partial charge is 0.492 e. The van der Waals surface area contributed by atoms with Crippen LogP contribution in [-0.2, 0) is 26.1 Å². The second-order valence-electron chi connectivity index (χ2n) is 8.76. The van der Waals surface area contributed by atoms with Gasteiger partial charge in [0.2, 0.25) is 10.0 Å². The molecule has 1 N–H and O–H groups in total. The van der Waals surface area contributed by atoms with Gasteiger partial charge in [-0.25, -0.2) is 17.2 Å². The molecule has 11 heteroatoms. The number of unbranched alkanes of at least 4 members (excludes halogenated alkanes) is 1. The molecular formula is C29H32F2N2O6S. The standard InChI is InChI=1S/C29H32F2N2O6S/c1-3-38-26-10-6-5-9-25(26)32-29(35)22-14-17-24(31)27(19-22)40(36,37)33(18-8-7-11-28(34)39-4-2)20-21-12-15-23(30)16-13-21/h5-6,9-10,12-17,19H,3-4,7-8,11,18,20H2,1-2H3,(H,32,35). The van der Waals surface area contributed by atoms with E-state index in [4.69, 9.17) is 9.47 Å². The summed E-state index contributed by atoms with van der Waals surface area (Å²) in [6.07, 6.45) is 0.735. The highest BCUT2D eigenvalue weighted by Gasteiger charge is 2.29. The van der Waals surface area contributed by atoms with Crippen molar-refractivity contribution in [2.45, 2.75) is 44.6 Å². The van der Waals surface area contributed by atoms with Crippen LogP contribution >= 0.6 is 0 Å². The number of hydrogen-bond donors (Lipinski definition) is 1. The maximum atomic E-state index is 15.0. The minimum atomic E-state index is -4.45. The van der Waals surface area contributed by atoms with Crippen molar-refractivity contribution in [1.29, 1.82) is 0 Å². The third-order valence-electron chi connectivity index (χ3n) is 5.86.